The maximum absolute atomic E-state index is 14.5. The molecule has 33 heavy (non-hydrogen) atoms. The lowest BCUT2D eigenvalue weighted by Crippen LogP contribution is -2.60. The second-order valence-corrected chi connectivity index (χ2v) is 9.90. The first-order chi connectivity index (χ1) is 16.1. The van der Waals surface area contributed by atoms with Gasteiger partial charge < -0.3 is 4.74 Å². The Labute approximate surface area is 194 Å². The van der Waals surface area contributed by atoms with Gasteiger partial charge in [-0.1, -0.05) is 66.7 Å². The van der Waals surface area contributed by atoms with Gasteiger partial charge in [0, 0.05) is 36.9 Å². The third-order valence-corrected chi connectivity index (χ3v) is 8.56. The third kappa shape index (κ3) is 2.80. The van der Waals surface area contributed by atoms with Crippen molar-refractivity contribution in [3.63, 3.8) is 0 Å². The van der Waals surface area contributed by atoms with Crippen molar-refractivity contribution >= 4 is 5.97 Å². The topological polar surface area (TPSA) is 29.5 Å². The maximum atomic E-state index is 14.5. The molecule has 3 nitrogen and oxygen atoms in total. The van der Waals surface area contributed by atoms with Crippen molar-refractivity contribution in [2.24, 2.45) is 11.3 Å². The van der Waals surface area contributed by atoms with Crippen LogP contribution in [0.3, 0.4) is 0 Å². The number of likely N-dealkylation sites (tertiary alicyclic amines) is 1. The molecule has 1 aliphatic heterocycles. The van der Waals surface area contributed by atoms with Crippen molar-refractivity contribution in [2.45, 2.75) is 30.7 Å². The molecule has 168 valence electrons. The van der Waals surface area contributed by atoms with Crippen molar-refractivity contribution < 1.29 is 13.9 Å². The number of ether oxygens (including phenoxy) is 1. The second-order valence-electron chi connectivity index (χ2n) is 9.90. The highest BCUT2D eigenvalue weighted by molar-refractivity contribution is 5.82. The second kappa shape index (κ2) is 7.53. The molecule has 4 heteroatoms. The van der Waals surface area contributed by atoms with Gasteiger partial charge in [-0.3, -0.25) is 9.69 Å². The van der Waals surface area contributed by atoms with Gasteiger partial charge in [-0.2, -0.15) is 0 Å². The van der Waals surface area contributed by atoms with Crippen LogP contribution in [0.4, 0.5) is 4.39 Å². The third-order valence-electron chi connectivity index (χ3n) is 8.56. The van der Waals surface area contributed by atoms with Crippen LogP contribution in [0.2, 0.25) is 0 Å². The lowest BCUT2D eigenvalue weighted by atomic mass is 9.42. The molecule has 1 saturated heterocycles. The average Bonchev–Trinajstić information content (AvgIpc) is 3.26. The van der Waals surface area contributed by atoms with Gasteiger partial charge in [0.05, 0.1) is 12.5 Å². The average molecular weight is 442 g/mol. The quantitative estimate of drug-likeness (QED) is 0.515. The van der Waals surface area contributed by atoms with Gasteiger partial charge in [0.15, 0.2) is 0 Å². The van der Waals surface area contributed by atoms with E-state index in [1.54, 1.807) is 12.1 Å². The summed E-state index contributed by atoms with van der Waals surface area (Å²) in [5.41, 5.74) is 3.66. The molecule has 1 heterocycles. The van der Waals surface area contributed by atoms with Crippen molar-refractivity contribution in [3.05, 3.63) is 107 Å². The van der Waals surface area contributed by atoms with E-state index in [0.717, 1.165) is 31.5 Å². The number of esters is 1. The Kier molecular flexibility index (Phi) is 4.70. The Balaban J connectivity index is 1.56. The number of carbonyl (C=O) groups excluding carboxylic acids is 1. The zero-order valence-corrected chi connectivity index (χ0v) is 18.8. The number of hydrogen-bond donors (Lipinski definition) is 0. The molecule has 3 aliphatic carbocycles. The van der Waals surface area contributed by atoms with Crippen molar-refractivity contribution in [3.8, 4) is 0 Å². The van der Waals surface area contributed by atoms with Crippen LogP contribution in [0.15, 0.2) is 78.9 Å². The molecule has 4 atom stereocenters. The summed E-state index contributed by atoms with van der Waals surface area (Å²) in [7, 11) is 1.51. The number of halogens is 1. The fourth-order valence-electron chi connectivity index (χ4n) is 7.45. The Morgan fingerprint density at radius 3 is 2.64 bits per heavy atom. The van der Waals surface area contributed by atoms with E-state index in [9.17, 15) is 9.18 Å². The highest BCUT2D eigenvalue weighted by Gasteiger charge is 2.70. The van der Waals surface area contributed by atoms with Crippen LogP contribution in [0.5, 0.6) is 0 Å². The SMILES string of the molecule is COC(=O)C12CN(Cc3ccccc3)CC1C1(c3cccc(F)c3)CCC2c2ccccc21. The Morgan fingerprint density at radius 1 is 1.06 bits per heavy atom. The number of benzene rings is 3. The van der Waals surface area contributed by atoms with E-state index < -0.39 is 10.8 Å². The summed E-state index contributed by atoms with van der Waals surface area (Å²) < 4.78 is 20.1. The lowest BCUT2D eigenvalue weighted by Gasteiger charge is -2.59. The fraction of sp³-hybridized carbons (Fsp3) is 0.345. The van der Waals surface area contributed by atoms with Gasteiger partial charge in [-0.15, -0.1) is 0 Å². The summed E-state index contributed by atoms with van der Waals surface area (Å²) in [4.78, 5) is 16.1. The lowest BCUT2D eigenvalue weighted by molar-refractivity contribution is -0.161. The van der Waals surface area contributed by atoms with Crippen LogP contribution in [0.25, 0.3) is 0 Å². The van der Waals surface area contributed by atoms with E-state index in [-0.39, 0.29) is 23.6 Å². The van der Waals surface area contributed by atoms with Gasteiger partial charge in [-0.05, 0) is 47.2 Å². The molecular weight excluding hydrogens is 413 g/mol. The predicted molar refractivity (Wildman–Crippen MR) is 125 cm³/mol. The molecule has 0 spiro atoms. The van der Waals surface area contributed by atoms with Gasteiger partial charge in [-0.25, -0.2) is 4.39 Å². The van der Waals surface area contributed by atoms with Gasteiger partial charge >= 0.3 is 5.97 Å². The smallest absolute Gasteiger partial charge is 0.314 e. The number of rotatable bonds is 4. The molecule has 0 N–H and O–H groups in total. The predicted octanol–water partition coefficient (Wildman–Crippen LogP) is 5.29. The molecule has 2 bridgehead atoms. The summed E-state index contributed by atoms with van der Waals surface area (Å²) >= 11 is 0. The first-order valence-electron chi connectivity index (χ1n) is 11.8. The summed E-state index contributed by atoms with van der Waals surface area (Å²) in [6.45, 7) is 2.24. The van der Waals surface area contributed by atoms with Crippen LogP contribution in [-0.2, 0) is 21.5 Å². The Bertz CT molecular complexity index is 1210. The van der Waals surface area contributed by atoms with E-state index in [1.165, 1.54) is 29.9 Å². The first-order valence-corrected chi connectivity index (χ1v) is 11.8. The molecule has 1 saturated carbocycles. The maximum Gasteiger partial charge on any atom is 0.314 e. The largest absolute Gasteiger partial charge is 0.469 e. The standard InChI is InChI=1S/C29H28FNO2/c1-33-27(32)29-19-31(17-20-8-3-2-4-9-20)18-26(29)28(21-10-7-11-22(30)16-21)15-14-25(29)23-12-5-6-13-24(23)28/h2-13,16,25-26H,14-15,17-19H2,1H3. The summed E-state index contributed by atoms with van der Waals surface area (Å²) in [6, 6.07) is 26.0. The van der Waals surface area contributed by atoms with Crippen LogP contribution < -0.4 is 0 Å². The summed E-state index contributed by atoms with van der Waals surface area (Å²) in [5.74, 6) is -0.211. The first kappa shape index (κ1) is 20.6. The normalized spacial score (nSPS) is 30.0. The van der Waals surface area contributed by atoms with E-state index in [1.807, 2.05) is 12.1 Å². The number of carbonyl (C=O) groups is 1. The van der Waals surface area contributed by atoms with Crippen molar-refractivity contribution in [2.75, 3.05) is 20.2 Å². The van der Waals surface area contributed by atoms with Crippen LogP contribution in [-0.4, -0.2) is 31.1 Å². The molecule has 4 aliphatic rings. The molecular formula is C29H28FNO2. The highest BCUT2D eigenvalue weighted by Crippen LogP contribution is 2.69. The molecule has 3 aromatic carbocycles. The zero-order chi connectivity index (χ0) is 22.6. The van der Waals surface area contributed by atoms with Crippen molar-refractivity contribution in [1.82, 2.24) is 4.90 Å². The molecule has 2 fully saturated rings. The van der Waals surface area contributed by atoms with Gasteiger partial charge in [0.25, 0.3) is 0 Å². The summed E-state index contributed by atoms with van der Waals surface area (Å²) in [5, 5.41) is 0. The minimum atomic E-state index is -0.636. The highest BCUT2D eigenvalue weighted by atomic mass is 19.1. The number of nitrogens with zero attached hydrogens (tertiary/aromatic N) is 1. The molecule has 0 aromatic heterocycles. The zero-order valence-electron chi connectivity index (χ0n) is 18.8. The van der Waals surface area contributed by atoms with E-state index in [4.69, 9.17) is 4.74 Å². The molecule has 0 radical (unpaired) electrons. The van der Waals surface area contributed by atoms with E-state index in [2.05, 4.69) is 53.4 Å². The monoisotopic (exact) mass is 441 g/mol. The molecule has 0 amide bonds. The fourth-order valence-corrected chi connectivity index (χ4v) is 7.45. The van der Waals surface area contributed by atoms with Crippen LogP contribution >= 0.6 is 0 Å². The molecule has 4 unspecified atom stereocenters. The Hall–Kier alpha value is -2.98. The summed E-state index contributed by atoms with van der Waals surface area (Å²) in [6.07, 6.45) is 1.82. The van der Waals surface area contributed by atoms with Crippen molar-refractivity contribution in [1.29, 1.82) is 0 Å². The van der Waals surface area contributed by atoms with Gasteiger partial charge in [0.2, 0.25) is 0 Å². The van der Waals surface area contributed by atoms with E-state index in [0.29, 0.717) is 6.54 Å². The minimum Gasteiger partial charge on any atom is -0.469 e. The molecule has 3 aromatic rings. The number of methoxy groups -OCH3 is 1. The van der Waals surface area contributed by atoms with Gasteiger partial charge in [0.1, 0.15) is 5.82 Å². The molecule has 7 rings (SSSR count). The number of fused-ring (bicyclic) bond motifs is 1. The Morgan fingerprint density at radius 2 is 1.85 bits per heavy atom. The minimum absolute atomic E-state index is 0.0246. The number of hydrogen-bond acceptors (Lipinski definition) is 3. The van der Waals surface area contributed by atoms with Crippen LogP contribution in [0.1, 0.15) is 41.0 Å². The van der Waals surface area contributed by atoms with E-state index >= 15 is 0 Å². The van der Waals surface area contributed by atoms with Crippen LogP contribution in [0, 0.1) is 17.2 Å².